The molecule has 0 amide bonds. The molecular weight excluding hydrogens is 364 g/mol. The molecule has 2 aromatic carbocycles. The van der Waals surface area contributed by atoms with Crippen LogP contribution in [0.2, 0.25) is 0 Å². The Morgan fingerprint density at radius 2 is 1.48 bits per heavy atom. The summed E-state index contributed by atoms with van der Waals surface area (Å²) >= 11 is 1.54. The number of rotatable bonds is 7. The SMILES string of the molecule is COc1ccccc1-c1[nH]c(SC)nc1-c1cc(OC)c(OC)c(OC)c1. The number of hydrogen-bond acceptors (Lipinski definition) is 6. The highest BCUT2D eigenvalue weighted by Crippen LogP contribution is 2.44. The predicted molar refractivity (Wildman–Crippen MR) is 107 cm³/mol. The summed E-state index contributed by atoms with van der Waals surface area (Å²) in [6.45, 7) is 0. The van der Waals surface area contributed by atoms with E-state index in [1.54, 1.807) is 28.4 Å². The summed E-state index contributed by atoms with van der Waals surface area (Å²) in [6, 6.07) is 11.6. The van der Waals surface area contributed by atoms with Gasteiger partial charge in [0.25, 0.3) is 0 Å². The second kappa shape index (κ2) is 8.26. The molecular formula is C20H22N2O4S. The second-order valence-corrected chi connectivity index (χ2v) is 6.38. The van der Waals surface area contributed by atoms with Crippen molar-refractivity contribution in [1.29, 1.82) is 0 Å². The van der Waals surface area contributed by atoms with Crippen LogP contribution in [0, 0.1) is 0 Å². The van der Waals surface area contributed by atoms with Gasteiger partial charge in [0, 0.05) is 11.1 Å². The third kappa shape index (κ3) is 3.55. The van der Waals surface area contributed by atoms with Gasteiger partial charge in [-0.3, -0.25) is 0 Å². The van der Waals surface area contributed by atoms with E-state index in [1.807, 2.05) is 42.7 Å². The number of thioether (sulfide) groups is 1. The van der Waals surface area contributed by atoms with Crippen LogP contribution in [-0.4, -0.2) is 44.7 Å². The Kier molecular flexibility index (Phi) is 5.81. The van der Waals surface area contributed by atoms with Crippen molar-refractivity contribution < 1.29 is 18.9 Å². The number of ether oxygens (including phenoxy) is 4. The number of aromatic amines is 1. The molecule has 1 aromatic heterocycles. The van der Waals surface area contributed by atoms with Gasteiger partial charge in [-0.05, 0) is 30.5 Å². The van der Waals surface area contributed by atoms with Gasteiger partial charge in [-0.2, -0.15) is 0 Å². The number of nitrogens with one attached hydrogen (secondary N) is 1. The van der Waals surface area contributed by atoms with Crippen molar-refractivity contribution in [2.75, 3.05) is 34.7 Å². The Bertz CT molecular complexity index is 914. The lowest BCUT2D eigenvalue weighted by Crippen LogP contribution is -1.96. The van der Waals surface area contributed by atoms with Crippen molar-refractivity contribution in [3.05, 3.63) is 36.4 Å². The van der Waals surface area contributed by atoms with Crippen LogP contribution in [0.5, 0.6) is 23.0 Å². The average Bonchev–Trinajstić information content (AvgIpc) is 3.16. The minimum atomic E-state index is 0.545. The molecule has 6 nitrogen and oxygen atoms in total. The fourth-order valence-electron chi connectivity index (χ4n) is 2.92. The molecule has 1 heterocycles. The normalized spacial score (nSPS) is 10.6. The zero-order chi connectivity index (χ0) is 19.4. The summed E-state index contributed by atoms with van der Waals surface area (Å²) in [5.41, 5.74) is 3.42. The summed E-state index contributed by atoms with van der Waals surface area (Å²) in [6.07, 6.45) is 1.98. The van der Waals surface area contributed by atoms with Crippen LogP contribution in [0.1, 0.15) is 0 Å². The molecule has 0 spiro atoms. The van der Waals surface area contributed by atoms with Gasteiger partial charge < -0.3 is 23.9 Å². The monoisotopic (exact) mass is 386 g/mol. The van der Waals surface area contributed by atoms with E-state index in [9.17, 15) is 0 Å². The van der Waals surface area contributed by atoms with E-state index >= 15 is 0 Å². The Balaban J connectivity index is 2.25. The van der Waals surface area contributed by atoms with Crippen molar-refractivity contribution >= 4 is 11.8 Å². The lowest BCUT2D eigenvalue weighted by atomic mass is 10.0. The van der Waals surface area contributed by atoms with Crippen LogP contribution in [0.15, 0.2) is 41.6 Å². The highest BCUT2D eigenvalue weighted by molar-refractivity contribution is 7.98. The van der Waals surface area contributed by atoms with Crippen LogP contribution in [0.3, 0.4) is 0 Å². The number of para-hydroxylation sites is 1. The number of benzene rings is 2. The fourth-order valence-corrected chi connectivity index (χ4v) is 3.31. The molecule has 0 aliphatic carbocycles. The maximum absolute atomic E-state index is 5.54. The largest absolute Gasteiger partial charge is 0.496 e. The van der Waals surface area contributed by atoms with Crippen LogP contribution in [-0.2, 0) is 0 Å². The minimum absolute atomic E-state index is 0.545. The molecule has 3 aromatic rings. The Morgan fingerprint density at radius 1 is 0.852 bits per heavy atom. The molecule has 0 atom stereocenters. The van der Waals surface area contributed by atoms with E-state index in [0.717, 1.165) is 33.4 Å². The van der Waals surface area contributed by atoms with Crippen molar-refractivity contribution in [2.24, 2.45) is 0 Å². The molecule has 142 valence electrons. The number of H-pyrrole nitrogens is 1. The van der Waals surface area contributed by atoms with Gasteiger partial charge in [0.15, 0.2) is 16.7 Å². The summed E-state index contributed by atoms with van der Waals surface area (Å²) in [4.78, 5) is 8.14. The van der Waals surface area contributed by atoms with E-state index < -0.39 is 0 Å². The highest BCUT2D eigenvalue weighted by atomic mass is 32.2. The van der Waals surface area contributed by atoms with E-state index in [1.165, 1.54) is 11.8 Å². The summed E-state index contributed by atoms with van der Waals surface area (Å²) in [7, 11) is 6.44. The quantitative estimate of drug-likeness (QED) is 0.603. The summed E-state index contributed by atoms with van der Waals surface area (Å²) < 4.78 is 21.9. The molecule has 0 radical (unpaired) electrons. The minimum Gasteiger partial charge on any atom is -0.496 e. The number of aromatic nitrogens is 2. The molecule has 7 heteroatoms. The zero-order valence-corrected chi connectivity index (χ0v) is 16.8. The number of hydrogen-bond donors (Lipinski definition) is 1. The van der Waals surface area contributed by atoms with Crippen LogP contribution in [0.25, 0.3) is 22.5 Å². The lowest BCUT2D eigenvalue weighted by Gasteiger charge is -2.14. The topological polar surface area (TPSA) is 65.6 Å². The summed E-state index contributed by atoms with van der Waals surface area (Å²) in [5.74, 6) is 2.46. The molecule has 27 heavy (non-hydrogen) atoms. The summed E-state index contributed by atoms with van der Waals surface area (Å²) in [5, 5.41) is 0.805. The first-order chi connectivity index (χ1) is 13.2. The van der Waals surface area contributed by atoms with E-state index in [2.05, 4.69) is 4.98 Å². The van der Waals surface area contributed by atoms with Crippen molar-refractivity contribution in [3.63, 3.8) is 0 Å². The highest BCUT2D eigenvalue weighted by Gasteiger charge is 2.21. The number of methoxy groups -OCH3 is 4. The average molecular weight is 386 g/mol. The maximum Gasteiger partial charge on any atom is 0.203 e. The van der Waals surface area contributed by atoms with Crippen molar-refractivity contribution in [3.8, 4) is 45.5 Å². The Morgan fingerprint density at radius 3 is 2.04 bits per heavy atom. The third-order valence-corrected chi connectivity index (χ3v) is 4.77. The van der Waals surface area contributed by atoms with Gasteiger partial charge >= 0.3 is 0 Å². The number of imidazole rings is 1. The van der Waals surface area contributed by atoms with E-state index in [-0.39, 0.29) is 0 Å². The molecule has 0 aliphatic heterocycles. The molecule has 0 saturated carbocycles. The third-order valence-electron chi connectivity index (χ3n) is 4.19. The first-order valence-corrected chi connectivity index (χ1v) is 9.47. The van der Waals surface area contributed by atoms with Gasteiger partial charge in [0.05, 0.1) is 39.8 Å². The smallest absolute Gasteiger partial charge is 0.203 e. The van der Waals surface area contributed by atoms with Crippen molar-refractivity contribution in [1.82, 2.24) is 9.97 Å². The van der Waals surface area contributed by atoms with Crippen LogP contribution >= 0.6 is 11.8 Å². The Labute approximate surface area is 162 Å². The van der Waals surface area contributed by atoms with E-state index in [4.69, 9.17) is 23.9 Å². The van der Waals surface area contributed by atoms with Crippen LogP contribution in [0.4, 0.5) is 0 Å². The predicted octanol–water partition coefficient (Wildman–Crippen LogP) is 4.50. The zero-order valence-electron chi connectivity index (χ0n) is 16.0. The fraction of sp³-hybridized carbons (Fsp3) is 0.250. The van der Waals surface area contributed by atoms with Gasteiger partial charge in [-0.15, -0.1) is 0 Å². The molecule has 0 fully saturated rings. The molecule has 1 N–H and O–H groups in total. The standard InChI is InChI=1S/C20H22N2O4S/c1-23-14-9-7-6-8-13(14)18-17(21-20(22-18)27-5)12-10-15(24-2)19(26-4)16(11-12)25-3/h6-11H,1-5H3,(H,21,22). The van der Waals surface area contributed by atoms with Gasteiger partial charge in [-0.1, -0.05) is 23.9 Å². The van der Waals surface area contributed by atoms with Gasteiger partial charge in [0.2, 0.25) is 5.75 Å². The molecule has 0 bridgehead atoms. The molecule has 0 aliphatic rings. The molecule has 0 unspecified atom stereocenters. The van der Waals surface area contributed by atoms with Gasteiger partial charge in [-0.25, -0.2) is 4.98 Å². The molecule has 0 saturated heterocycles. The first kappa shape index (κ1) is 19.0. The maximum atomic E-state index is 5.54. The van der Waals surface area contributed by atoms with Gasteiger partial charge in [0.1, 0.15) is 5.75 Å². The van der Waals surface area contributed by atoms with E-state index in [0.29, 0.717) is 17.2 Å². The number of nitrogens with zero attached hydrogens (tertiary/aromatic N) is 1. The van der Waals surface area contributed by atoms with Crippen molar-refractivity contribution in [2.45, 2.75) is 5.16 Å². The Hall–Kier alpha value is -2.80. The van der Waals surface area contributed by atoms with Crippen LogP contribution < -0.4 is 18.9 Å². The lowest BCUT2D eigenvalue weighted by molar-refractivity contribution is 0.324. The molecule has 3 rings (SSSR count). The first-order valence-electron chi connectivity index (χ1n) is 8.24. The second-order valence-electron chi connectivity index (χ2n) is 5.58.